The van der Waals surface area contributed by atoms with E-state index in [0.29, 0.717) is 11.1 Å². The zero-order valence-corrected chi connectivity index (χ0v) is 15.2. The minimum atomic E-state index is -0.609. The Kier molecular flexibility index (Phi) is 5.11. The number of allylic oxidation sites excluding steroid dienone is 5. The number of anilines is 1. The highest BCUT2D eigenvalue weighted by Gasteiger charge is 2.32. The summed E-state index contributed by atoms with van der Waals surface area (Å²) in [6, 6.07) is 18.1. The van der Waals surface area contributed by atoms with Gasteiger partial charge in [0.2, 0.25) is 0 Å². The molecular formula is C22H10N6O2. The van der Waals surface area contributed by atoms with Gasteiger partial charge in [-0.05, 0) is 34.9 Å². The van der Waals surface area contributed by atoms with Gasteiger partial charge >= 0.3 is 0 Å². The molecule has 30 heavy (non-hydrogen) atoms. The van der Waals surface area contributed by atoms with Crippen molar-refractivity contribution in [3.05, 3.63) is 86.0 Å². The molecule has 140 valence electrons. The van der Waals surface area contributed by atoms with E-state index in [1.807, 2.05) is 24.3 Å². The van der Waals surface area contributed by atoms with Crippen LogP contribution in [0, 0.1) is 55.4 Å². The third-order valence-corrected chi connectivity index (χ3v) is 4.50. The van der Waals surface area contributed by atoms with Crippen LogP contribution < -0.4 is 5.73 Å². The molecule has 0 spiro atoms. The first kappa shape index (κ1) is 19.6. The predicted octanol–water partition coefficient (Wildman–Crippen LogP) is 3.88. The zero-order valence-electron chi connectivity index (χ0n) is 15.2. The monoisotopic (exact) mass is 390 g/mol. The molecule has 8 nitrogen and oxygen atoms in total. The quantitative estimate of drug-likeness (QED) is 0.351. The SMILES string of the molecule is N#CC(C#N)=C1C(=Cc2ccc(N)cc2[N+](=O)[O-])C(=C(C#N)C#N)c2ccccc21. The molecule has 2 aromatic carbocycles. The van der Waals surface area contributed by atoms with Crippen LogP contribution in [0.4, 0.5) is 11.4 Å². The van der Waals surface area contributed by atoms with Gasteiger partial charge in [-0.15, -0.1) is 0 Å². The smallest absolute Gasteiger partial charge is 0.278 e. The molecule has 0 saturated heterocycles. The van der Waals surface area contributed by atoms with E-state index in [1.165, 1.54) is 24.3 Å². The fourth-order valence-corrected chi connectivity index (χ4v) is 3.29. The summed E-state index contributed by atoms with van der Waals surface area (Å²) in [7, 11) is 0. The van der Waals surface area contributed by atoms with E-state index < -0.39 is 4.92 Å². The Morgan fingerprint density at radius 1 is 0.900 bits per heavy atom. The number of hydrogen-bond acceptors (Lipinski definition) is 7. The Bertz CT molecular complexity index is 1270. The van der Waals surface area contributed by atoms with E-state index >= 15 is 0 Å². The highest BCUT2D eigenvalue weighted by atomic mass is 16.6. The summed E-state index contributed by atoms with van der Waals surface area (Å²) in [5.74, 6) is 0. The van der Waals surface area contributed by atoms with Crippen molar-refractivity contribution in [1.82, 2.24) is 0 Å². The fraction of sp³-hybridized carbons (Fsp3) is 0. The number of nitrogens with zero attached hydrogens (tertiary/aromatic N) is 5. The Morgan fingerprint density at radius 3 is 1.83 bits per heavy atom. The average molecular weight is 390 g/mol. The summed E-state index contributed by atoms with van der Waals surface area (Å²) in [6.07, 6.45) is 1.39. The van der Waals surface area contributed by atoms with Crippen molar-refractivity contribution in [2.24, 2.45) is 0 Å². The van der Waals surface area contributed by atoms with Crippen LogP contribution >= 0.6 is 0 Å². The summed E-state index contributed by atoms with van der Waals surface area (Å²) in [4.78, 5) is 10.9. The minimum absolute atomic E-state index is 0.150. The van der Waals surface area contributed by atoms with Crippen LogP contribution in [0.1, 0.15) is 16.7 Å². The molecule has 0 unspecified atom stereocenters. The molecule has 0 fully saturated rings. The number of hydrogen-bond donors (Lipinski definition) is 1. The highest BCUT2D eigenvalue weighted by Crippen LogP contribution is 2.49. The first-order valence-electron chi connectivity index (χ1n) is 8.41. The van der Waals surface area contributed by atoms with Crippen LogP contribution in [0.2, 0.25) is 0 Å². The van der Waals surface area contributed by atoms with Crippen molar-refractivity contribution in [1.29, 1.82) is 21.0 Å². The number of rotatable bonds is 2. The van der Waals surface area contributed by atoms with E-state index in [1.54, 1.807) is 24.3 Å². The lowest BCUT2D eigenvalue weighted by Gasteiger charge is -2.06. The van der Waals surface area contributed by atoms with Crippen LogP contribution in [-0.2, 0) is 0 Å². The normalized spacial score (nSPS) is 11.4. The molecule has 2 aromatic rings. The van der Waals surface area contributed by atoms with E-state index in [9.17, 15) is 31.2 Å². The third kappa shape index (κ3) is 3.14. The molecule has 8 heteroatoms. The van der Waals surface area contributed by atoms with Crippen LogP contribution in [0.5, 0.6) is 0 Å². The van der Waals surface area contributed by atoms with E-state index in [-0.39, 0.29) is 44.8 Å². The molecule has 0 saturated carbocycles. The standard InChI is InChI=1S/C22H10N6O2/c23-9-14(10-24)21-17-3-1-2-4-18(17)22(15(11-25)12-26)19(21)7-13-5-6-16(27)8-20(13)28(29)30/h1-8H,27H2. The molecular weight excluding hydrogens is 380 g/mol. The van der Waals surface area contributed by atoms with Crippen molar-refractivity contribution < 1.29 is 4.92 Å². The highest BCUT2D eigenvalue weighted by molar-refractivity contribution is 6.15. The molecule has 0 atom stereocenters. The van der Waals surface area contributed by atoms with Crippen LogP contribution in [0.3, 0.4) is 0 Å². The molecule has 0 aliphatic heterocycles. The van der Waals surface area contributed by atoms with Gasteiger partial charge in [0, 0.05) is 22.9 Å². The first-order chi connectivity index (χ1) is 14.5. The van der Waals surface area contributed by atoms with Crippen molar-refractivity contribution in [2.75, 3.05) is 5.73 Å². The Balaban J connectivity index is 2.51. The number of nitro groups is 1. The van der Waals surface area contributed by atoms with Gasteiger partial charge in [0.15, 0.2) is 0 Å². The second-order valence-corrected chi connectivity index (χ2v) is 6.13. The lowest BCUT2D eigenvalue weighted by atomic mass is 9.94. The van der Waals surface area contributed by atoms with Gasteiger partial charge < -0.3 is 5.73 Å². The number of nitrogen functional groups attached to an aromatic ring is 1. The summed E-state index contributed by atoms with van der Waals surface area (Å²) in [6.45, 7) is 0. The Hall–Kier alpha value is -5.18. The largest absolute Gasteiger partial charge is 0.399 e. The molecule has 2 N–H and O–H groups in total. The van der Waals surface area contributed by atoms with Gasteiger partial charge in [0.1, 0.15) is 35.4 Å². The predicted molar refractivity (Wildman–Crippen MR) is 108 cm³/mol. The molecule has 0 radical (unpaired) electrons. The van der Waals surface area contributed by atoms with E-state index in [0.717, 1.165) is 0 Å². The van der Waals surface area contributed by atoms with Gasteiger partial charge in [-0.1, -0.05) is 24.3 Å². The number of nitrogens with two attached hydrogens (primary N) is 1. The van der Waals surface area contributed by atoms with Crippen LogP contribution in [0.15, 0.2) is 59.2 Å². The van der Waals surface area contributed by atoms with Crippen molar-refractivity contribution >= 4 is 28.6 Å². The maximum absolute atomic E-state index is 11.5. The minimum Gasteiger partial charge on any atom is -0.399 e. The zero-order chi connectivity index (χ0) is 21.8. The fourth-order valence-electron chi connectivity index (χ4n) is 3.29. The second kappa shape index (κ2) is 7.82. The first-order valence-corrected chi connectivity index (χ1v) is 8.41. The number of nitro benzene ring substituents is 1. The van der Waals surface area contributed by atoms with Crippen LogP contribution in [-0.4, -0.2) is 4.92 Å². The molecule has 1 aliphatic carbocycles. The lowest BCUT2D eigenvalue weighted by molar-refractivity contribution is -0.385. The van der Waals surface area contributed by atoms with Gasteiger partial charge in [-0.3, -0.25) is 10.1 Å². The molecule has 0 amide bonds. The summed E-state index contributed by atoms with van der Waals surface area (Å²) in [5, 5.41) is 49.5. The molecule has 3 rings (SSSR count). The van der Waals surface area contributed by atoms with Gasteiger partial charge in [-0.25, -0.2) is 0 Å². The van der Waals surface area contributed by atoms with Crippen molar-refractivity contribution in [3.63, 3.8) is 0 Å². The van der Waals surface area contributed by atoms with E-state index in [4.69, 9.17) is 5.73 Å². The number of fused-ring (bicyclic) bond motifs is 1. The van der Waals surface area contributed by atoms with Gasteiger partial charge in [-0.2, -0.15) is 21.0 Å². The van der Waals surface area contributed by atoms with Crippen LogP contribution in [0.25, 0.3) is 17.2 Å². The van der Waals surface area contributed by atoms with Crippen molar-refractivity contribution in [3.8, 4) is 24.3 Å². The second-order valence-electron chi connectivity index (χ2n) is 6.13. The average Bonchev–Trinajstić information content (AvgIpc) is 3.05. The maximum Gasteiger partial charge on any atom is 0.278 e. The molecule has 0 aromatic heterocycles. The van der Waals surface area contributed by atoms with Gasteiger partial charge in [0.25, 0.3) is 5.69 Å². The third-order valence-electron chi connectivity index (χ3n) is 4.50. The number of benzene rings is 2. The number of nitriles is 4. The molecule has 0 bridgehead atoms. The summed E-state index contributed by atoms with van der Waals surface area (Å²) in [5.41, 5.74) is 6.83. The topological polar surface area (TPSA) is 164 Å². The lowest BCUT2D eigenvalue weighted by Crippen LogP contribution is -1.96. The molecule has 0 heterocycles. The van der Waals surface area contributed by atoms with Crippen molar-refractivity contribution in [2.45, 2.75) is 0 Å². The van der Waals surface area contributed by atoms with Gasteiger partial charge in [0.05, 0.1) is 10.5 Å². The Labute approximate surface area is 171 Å². The maximum atomic E-state index is 11.5. The summed E-state index contributed by atoms with van der Waals surface area (Å²) < 4.78 is 0. The Morgan fingerprint density at radius 2 is 1.40 bits per heavy atom. The summed E-state index contributed by atoms with van der Waals surface area (Å²) >= 11 is 0. The molecule has 1 aliphatic rings. The van der Waals surface area contributed by atoms with E-state index in [2.05, 4.69) is 0 Å².